The van der Waals surface area contributed by atoms with Crippen LogP contribution in [-0.2, 0) is 11.3 Å². The van der Waals surface area contributed by atoms with Crippen LogP contribution in [0.25, 0.3) is 11.4 Å². The largest absolute Gasteiger partial charge is 0.497 e. The van der Waals surface area contributed by atoms with Gasteiger partial charge in [-0.3, -0.25) is 9.36 Å². The third-order valence-corrected chi connectivity index (χ3v) is 4.61. The molecule has 0 amide bonds. The van der Waals surface area contributed by atoms with Crippen LogP contribution in [0.4, 0.5) is 0 Å². The fourth-order valence-corrected chi connectivity index (χ4v) is 3.31. The monoisotopic (exact) mass is 357 g/mol. The van der Waals surface area contributed by atoms with E-state index in [2.05, 4.69) is 10.2 Å². The zero-order valence-electron chi connectivity index (χ0n) is 14.1. The van der Waals surface area contributed by atoms with E-state index in [0.29, 0.717) is 18.7 Å². The Morgan fingerprint density at radius 1 is 1.24 bits per heavy atom. The van der Waals surface area contributed by atoms with E-state index in [4.69, 9.17) is 9.15 Å². The molecule has 0 bridgehead atoms. The minimum atomic E-state index is 0.167. The highest BCUT2D eigenvalue weighted by Gasteiger charge is 2.16. The lowest BCUT2D eigenvalue weighted by molar-refractivity contribution is -0.116. The normalized spacial score (nSPS) is 10.8. The Morgan fingerprint density at radius 2 is 2.04 bits per heavy atom. The first-order chi connectivity index (χ1) is 12.2. The van der Waals surface area contributed by atoms with Crippen molar-refractivity contribution in [3.8, 4) is 17.1 Å². The van der Waals surface area contributed by atoms with E-state index in [0.717, 1.165) is 28.1 Å². The predicted octanol–water partition coefficient (Wildman–Crippen LogP) is 3.67. The van der Waals surface area contributed by atoms with Gasteiger partial charge in [0.15, 0.2) is 11.0 Å². The molecular weight excluding hydrogens is 338 g/mol. The topological polar surface area (TPSA) is 70.2 Å². The zero-order chi connectivity index (χ0) is 17.6. The Balaban J connectivity index is 1.90. The Hall–Kier alpha value is -2.54. The fourth-order valence-electron chi connectivity index (χ4n) is 2.34. The van der Waals surface area contributed by atoms with E-state index in [1.54, 1.807) is 20.3 Å². The lowest BCUT2D eigenvalue weighted by Crippen LogP contribution is -2.04. The van der Waals surface area contributed by atoms with Crippen molar-refractivity contribution in [2.45, 2.75) is 25.0 Å². The molecule has 0 saturated heterocycles. The molecule has 0 aliphatic rings. The first-order valence-electron chi connectivity index (χ1n) is 7.89. The van der Waals surface area contributed by atoms with Gasteiger partial charge >= 0.3 is 0 Å². The number of thioether (sulfide) groups is 1. The summed E-state index contributed by atoms with van der Waals surface area (Å²) in [5.41, 5.74) is 0.943. The van der Waals surface area contributed by atoms with Gasteiger partial charge < -0.3 is 9.15 Å². The van der Waals surface area contributed by atoms with Gasteiger partial charge in [0.25, 0.3) is 0 Å². The van der Waals surface area contributed by atoms with Gasteiger partial charge in [0.2, 0.25) is 0 Å². The van der Waals surface area contributed by atoms with Crippen LogP contribution in [0.2, 0.25) is 0 Å². The molecular formula is C18H19N3O3S. The first kappa shape index (κ1) is 17.3. The second kappa shape index (κ2) is 8.02. The third-order valence-electron chi connectivity index (χ3n) is 3.64. The molecule has 7 heteroatoms. The predicted molar refractivity (Wildman–Crippen MR) is 95.8 cm³/mol. The highest BCUT2D eigenvalue weighted by Crippen LogP contribution is 2.27. The number of benzene rings is 1. The maximum atomic E-state index is 11.2. The Labute approximate surface area is 150 Å². The molecule has 6 nitrogen and oxygen atoms in total. The van der Waals surface area contributed by atoms with Crippen LogP contribution in [0.15, 0.2) is 52.2 Å². The summed E-state index contributed by atoms with van der Waals surface area (Å²) in [5, 5.41) is 9.42. The number of ketones is 1. The number of rotatable bonds is 8. The number of hydrogen-bond acceptors (Lipinski definition) is 6. The standard InChI is InChI=1S/C18H19N3O3S/c1-13(22)9-11-25-18-20-19-17(14-5-7-15(23-2)8-6-14)21(18)12-16-4-3-10-24-16/h3-8,10H,9,11-12H2,1-2H3. The molecule has 0 fully saturated rings. The molecule has 0 aliphatic heterocycles. The van der Waals surface area contributed by atoms with Gasteiger partial charge in [-0.1, -0.05) is 11.8 Å². The van der Waals surface area contributed by atoms with Crippen LogP contribution >= 0.6 is 11.8 Å². The van der Waals surface area contributed by atoms with Gasteiger partial charge in [-0.2, -0.15) is 0 Å². The van der Waals surface area contributed by atoms with Crippen LogP contribution in [-0.4, -0.2) is 33.4 Å². The SMILES string of the molecule is COc1ccc(-c2nnc(SCCC(C)=O)n2Cc2ccco2)cc1. The second-order valence-corrected chi connectivity index (χ2v) is 6.56. The summed E-state index contributed by atoms with van der Waals surface area (Å²) in [6, 6.07) is 11.5. The number of carbonyl (C=O) groups is 1. The number of hydrogen-bond donors (Lipinski definition) is 0. The quantitative estimate of drug-likeness (QED) is 0.573. The fraction of sp³-hybridized carbons (Fsp3) is 0.278. The van der Waals surface area contributed by atoms with Crippen molar-refractivity contribution in [1.82, 2.24) is 14.8 Å². The van der Waals surface area contributed by atoms with Crippen molar-refractivity contribution in [3.05, 3.63) is 48.4 Å². The molecule has 0 unspecified atom stereocenters. The summed E-state index contributed by atoms with van der Waals surface area (Å²) in [4.78, 5) is 11.2. The summed E-state index contributed by atoms with van der Waals surface area (Å²) in [6.07, 6.45) is 2.16. The number of furan rings is 1. The van der Waals surface area contributed by atoms with Gasteiger partial charge in [0.05, 0.1) is 19.9 Å². The number of ether oxygens (including phenoxy) is 1. The number of Topliss-reactive ketones (excluding diaryl/α,β-unsaturated/α-hetero) is 1. The summed E-state index contributed by atoms with van der Waals surface area (Å²) in [5.74, 6) is 3.21. The van der Waals surface area contributed by atoms with Crippen molar-refractivity contribution in [3.63, 3.8) is 0 Å². The highest BCUT2D eigenvalue weighted by atomic mass is 32.2. The minimum absolute atomic E-state index is 0.167. The third kappa shape index (κ3) is 4.30. The van der Waals surface area contributed by atoms with Gasteiger partial charge in [-0.05, 0) is 43.3 Å². The van der Waals surface area contributed by atoms with Gasteiger partial charge in [0, 0.05) is 17.7 Å². The zero-order valence-corrected chi connectivity index (χ0v) is 15.0. The highest BCUT2D eigenvalue weighted by molar-refractivity contribution is 7.99. The Morgan fingerprint density at radius 3 is 2.68 bits per heavy atom. The average Bonchev–Trinajstić information content (AvgIpc) is 3.26. The molecule has 2 heterocycles. The van der Waals surface area contributed by atoms with Gasteiger partial charge in [0.1, 0.15) is 17.3 Å². The molecule has 0 spiro atoms. The Kier molecular flexibility index (Phi) is 5.55. The van der Waals surface area contributed by atoms with Crippen LogP contribution in [0.1, 0.15) is 19.1 Å². The van der Waals surface area contributed by atoms with Gasteiger partial charge in [-0.25, -0.2) is 0 Å². The smallest absolute Gasteiger partial charge is 0.191 e. The number of carbonyl (C=O) groups excluding carboxylic acids is 1. The van der Waals surface area contributed by atoms with Crippen molar-refractivity contribution >= 4 is 17.5 Å². The molecule has 0 aliphatic carbocycles. The molecule has 3 rings (SSSR count). The molecule has 0 atom stereocenters. The van der Waals surface area contributed by atoms with Crippen molar-refractivity contribution in [2.75, 3.05) is 12.9 Å². The number of nitrogens with zero attached hydrogens (tertiary/aromatic N) is 3. The Bertz CT molecular complexity index is 826. The van der Waals surface area contributed by atoms with E-state index in [1.807, 2.05) is 41.0 Å². The van der Waals surface area contributed by atoms with Crippen LogP contribution in [0, 0.1) is 0 Å². The molecule has 0 N–H and O–H groups in total. The molecule has 130 valence electrons. The average molecular weight is 357 g/mol. The molecule has 1 aromatic carbocycles. The summed E-state index contributed by atoms with van der Waals surface area (Å²) < 4.78 is 12.7. The van der Waals surface area contributed by atoms with E-state index in [1.165, 1.54) is 11.8 Å². The van der Waals surface area contributed by atoms with Crippen molar-refractivity contribution in [1.29, 1.82) is 0 Å². The van der Waals surface area contributed by atoms with E-state index in [-0.39, 0.29) is 5.78 Å². The second-order valence-electron chi connectivity index (χ2n) is 5.50. The van der Waals surface area contributed by atoms with E-state index >= 15 is 0 Å². The lowest BCUT2D eigenvalue weighted by Gasteiger charge is -2.09. The summed E-state index contributed by atoms with van der Waals surface area (Å²) >= 11 is 1.52. The maximum Gasteiger partial charge on any atom is 0.191 e. The molecule has 0 radical (unpaired) electrons. The first-order valence-corrected chi connectivity index (χ1v) is 8.88. The summed E-state index contributed by atoms with van der Waals surface area (Å²) in [6.45, 7) is 2.13. The molecule has 3 aromatic rings. The molecule has 25 heavy (non-hydrogen) atoms. The van der Waals surface area contributed by atoms with Crippen molar-refractivity contribution in [2.24, 2.45) is 0 Å². The lowest BCUT2D eigenvalue weighted by atomic mass is 10.2. The maximum absolute atomic E-state index is 11.2. The van der Waals surface area contributed by atoms with E-state index < -0.39 is 0 Å². The number of aromatic nitrogens is 3. The number of methoxy groups -OCH3 is 1. The molecule has 2 aromatic heterocycles. The summed E-state index contributed by atoms with van der Waals surface area (Å²) in [7, 11) is 1.64. The van der Waals surface area contributed by atoms with Crippen LogP contribution < -0.4 is 4.74 Å². The van der Waals surface area contributed by atoms with Gasteiger partial charge in [-0.15, -0.1) is 10.2 Å². The molecule has 0 saturated carbocycles. The van der Waals surface area contributed by atoms with Crippen LogP contribution in [0.3, 0.4) is 0 Å². The minimum Gasteiger partial charge on any atom is -0.497 e. The van der Waals surface area contributed by atoms with Crippen LogP contribution in [0.5, 0.6) is 5.75 Å². The van der Waals surface area contributed by atoms with Crippen molar-refractivity contribution < 1.29 is 13.9 Å². The van der Waals surface area contributed by atoms with E-state index in [9.17, 15) is 4.79 Å².